The van der Waals surface area contributed by atoms with Crippen LogP contribution in [0, 0.1) is 0 Å². The van der Waals surface area contributed by atoms with E-state index >= 15 is 0 Å². The first-order valence-electron chi connectivity index (χ1n) is 5.23. The van der Waals surface area contributed by atoms with Crippen LogP contribution in [0.1, 0.15) is 11.7 Å². The minimum atomic E-state index is -0.389. The van der Waals surface area contributed by atoms with Crippen LogP contribution in [0.25, 0.3) is 0 Å². The lowest BCUT2D eigenvalue weighted by atomic mass is 9.78. The molecule has 2 aliphatic heterocycles. The maximum absolute atomic E-state index is 6.17. The lowest BCUT2D eigenvalue weighted by Gasteiger charge is -2.13. The van der Waals surface area contributed by atoms with Gasteiger partial charge in [0, 0.05) is 22.6 Å². The number of ether oxygens (including phenoxy) is 1. The molecular weight excluding hydrogens is 260 g/mol. The Bertz CT molecular complexity index is 434. The molecule has 2 heterocycles. The summed E-state index contributed by atoms with van der Waals surface area (Å²) in [5, 5.41) is 0.658. The SMILES string of the molecule is NC[C@H]1OB2OCCOc3ccc(Cl)c1c32.S. The maximum atomic E-state index is 6.17. The van der Waals surface area contributed by atoms with Crippen LogP contribution in [0.15, 0.2) is 12.1 Å². The van der Waals surface area contributed by atoms with Crippen LogP contribution >= 0.6 is 25.1 Å². The zero-order valence-corrected chi connectivity index (χ0v) is 10.9. The fraction of sp³-hybridized carbons (Fsp3) is 0.400. The third-order valence-electron chi connectivity index (χ3n) is 2.86. The maximum Gasteiger partial charge on any atom is 0.498 e. The van der Waals surface area contributed by atoms with Gasteiger partial charge in [0.1, 0.15) is 12.4 Å². The van der Waals surface area contributed by atoms with E-state index < -0.39 is 0 Å². The Labute approximate surface area is 112 Å². The van der Waals surface area contributed by atoms with Crippen molar-refractivity contribution in [2.45, 2.75) is 6.10 Å². The number of rotatable bonds is 1. The second kappa shape index (κ2) is 5.08. The molecule has 1 aromatic carbocycles. The molecule has 0 saturated carbocycles. The summed E-state index contributed by atoms with van der Waals surface area (Å²) in [6, 6.07) is 3.67. The van der Waals surface area contributed by atoms with Crippen molar-refractivity contribution in [3.05, 3.63) is 22.7 Å². The van der Waals surface area contributed by atoms with Crippen LogP contribution < -0.4 is 15.9 Å². The van der Waals surface area contributed by atoms with Gasteiger partial charge in [0.25, 0.3) is 0 Å². The highest BCUT2D eigenvalue weighted by Gasteiger charge is 2.42. The van der Waals surface area contributed by atoms with Crippen molar-refractivity contribution >= 4 is 37.7 Å². The minimum Gasteiger partial charge on any atom is -0.492 e. The van der Waals surface area contributed by atoms with Crippen LogP contribution in [0.2, 0.25) is 5.02 Å². The van der Waals surface area contributed by atoms with Crippen molar-refractivity contribution in [2.24, 2.45) is 5.73 Å². The first kappa shape index (κ1) is 13.0. The van der Waals surface area contributed by atoms with Gasteiger partial charge >= 0.3 is 7.12 Å². The monoisotopic (exact) mass is 273 g/mol. The quantitative estimate of drug-likeness (QED) is 0.761. The summed E-state index contributed by atoms with van der Waals surface area (Å²) in [6.45, 7) is 1.42. The third-order valence-corrected chi connectivity index (χ3v) is 3.19. The normalized spacial score (nSPS) is 21.3. The molecule has 4 nitrogen and oxygen atoms in total. The summed E-state index contributed by atoms with van der Waals surface area (Å²) in [5.41, 5.74) is 7.48. The van der Waals surface area contributed by atoms with Crippen molar-refractivity contribution in [1.29, 1.82) is 0 Å². The van der Waals surface area contributed by atoms with Gasteiger partial charge < -0.3 is 19.8 Å². The zero-order valence-electron chi connectivity index (χ0n) is 9.11. The number of hydrogen-bond acceptors (Lipinski definition) is 4. The van der Waals surface area contributed by atoms with Gasteiger partial charge in [-0.15, -0.1) is 0 Å². The molecule has 0 saturated heterocycles. The molecule has 0 unspecified atom stereocenters. The van der Waals surface area contributed by atoms with Gasteiger partial charge in [-0.05, 0) is 12.1 Å². The summed E-state index contributed by atoms with van der Waals surface area (Å²) in [7, 11) is -0.389. The molecule has 92 valence electrons. The molecule has 17 heavy (non-hydrogen) atoms. The zero-order chi connectivity index (χ0) is 11.1. The topological polar surface area (TPSA) is 53.7 Å². The summed E-state index contributed by atoms with van der Waals surface area (Å²) in [6.07, 6.45) is -0.200. The molecule has 2 N–H and O–H groups in total. The lowest BCUT2D eigenvalue weighted by molar-refractivity contribution is 0.148. The smallest absolute Gasteiger partial charge is 0.492 e. The average Bonchev–Trinajstić information content (AvgIpc) is 2.55. The fourth-order valence-electron chi connectivity index (χ4n) is 2.17. The third kappa shape index (κ3) is 2.04. The highest BCUT2D eigenvalue weighted by molar-refractivity contribution is 7.59. The van der Waals surface area contributed by atoms with E-state index in [1.165, 1.54) is 0 Å². The molecule has 0 amide bonds. The Morgan fingerprint density at radius 2 is 2.24 bits per heavy atom. The van der Waals surface area contributed by atoms with E-state index in [-0.39, 0.29) is 26.7 Å². The van der Waals surface area contributed by atoms with Crippen molar-refractivity contribution < 1.29 is 14.0 Å². The molecule has 0 radical (unpaired) electrons. The van der Waals surface area contributed by atoms with E-state index in [1.54, 1.807) is 0 Å². The Hall–Kier alpha value is -0.395. The average molecular weight is 274 g/mol. The second-order valence-corrected chi connectivity index (χ2v) is 4.19. The van der Waals surface area contributed by atoms with E-state index in [1.807, 2.05) is 12.1 Å². The second-order valence-electron chi connectivity index (χ2n) is 3.78. The summed E-state index contributed by atoms with van der Waals surface area (Å²) in [5.74, 6) is 0.790. The van der Waals surface area contributed by atoms with Crippen molar-refractivity contribution in [3.63, 3.8) is 0 Å². The van der Waals surface area contributed by atoms with Gasteiger partial charge in [0.05, 0.1) is 12.7 Å². The van der Waals surface area contributed by atoms with Crippen LogP contribution in [-0.4, -0.2) is 26.9 Å². The predicted molar refractivity (Wildman–Crippen MR) is 71.5 cm³/mol. The lowest BCUT2D eigenvalue weighted by Crippen LogP contribution is -2.31. The van der Waals surface area contributed by atoms with E-state index in [9.17, 15) is 0 Å². The molecule has 0 bridgehead atoms. The van der Waals surface area contributed by atoms with E-state index in [0.29, 0.717) is 24.8 Å². The molecule has 1 aromatic rings. The molecule has 1 atom stereocenters. The van der Waals surface area contributed by atoms with E-state index in [0.717, 1.165) is 16.8 Å². The van der Waals surface area contributed by atoms with Gasteiger partial charge in [-0.2, -0.15) is 13.5 Å². The van der Waals surface area contributed by atoms with Crippen LogP contribution in [0.5, 0.6) is 5.75 Å². The Kier molecular flexibility index (Phi) is 3.90. The number of benzene rings is 1. The first-order valence-corrected chi connectivity index (χ1v) is 5.61. The Morgan fingerprint density at radius 3 is 3.00 bits per heavy atom. The van der Waals surface area contributed by atoms with Gasteiger partial charge in [-0.25, -0.2) is 0 Å². The predicted octanol–water partition coefficient (Wildman–Crippen LogP) is 0.587. The highest BCUT2D eigenvalue weighted by Crippen LogP contribution is 2.34. The van der Waals surface area contributed by atoms with Gasteiger partial charge in [-0.3, -0.25) is 0 Å². The number of halogens is 1. The molecule has 3 rings (SSSR count). The van der Waals surface area contributed by atoms with Gasteiger partial charge in [0.15, 0.2) is 0 Å². The van der Waals surface area contributed by atoms with Crippen molar-refractivity contribution in [3.8, 4) is 5.75 Å². The standard InChI is InChI=1S/C10H11BClNO3.H2S/c12-6-1-2-7-10-9(6)8(5-13)16-11(10)15-4-3-14-7;/h1-2,8H,3-5,13H2;1H2/t8-;/m1./s1. The molecule has 2 aliphatic rings. The van der Waals surface area contributed by atoms with Crippen LogP contribution in [0.3, 0.4) is 0 Å². The molecule has 7 heteroatoms. The van der Waals surface area contributed by atoms with E-state index in [4.69, 9.17) is 31.4 Å². The fourth-order valence-corrected chi connectivity index (χ4v) is 2.46. The molecule has 0 aromatic heterocycles. The minimum absolute atomic E-state index is 0. The number of hydrogen-bond donors (Lipinski definition) is 1. The molecule has 0 aliphatic carbocycles. The summed E-state index contributed by atoms with van der Waals surface area (Å²) < 4.78 is 16.9. The summed E-state index contributed by atoms with van der Waals surface area (Å²) in [4.78, 5) is 0. The van der Waals surface area contributed by atoms with E-state index in [2.05, 4.69) is 0 Å². The van der Waals surface area contributed by atoms with Gasteiger partial charge in [0.2, 0.25) is 0 Å². The molecule has 0 fully saturated rings. The van der Waals surface area contributed by atoms with Crippen molar-refractivity contribution in [2.75, 3.05) is 19.8 Å². The highest BCUT2D eigenvalue weighted by atomic mass is 35.5. The molecular formula is C10H13BClNO3S. The number of nitrogens with two attached hydrogens (primary N) is 1. The summed E-state index contributed by atoms with van der Waals surface area (Å²) >= 11 is 6.17. The Morgan fingerprint density at radius 1 is 1.41 bits per heavy atom. The first-order chi connectivity index (χ1) is 7.81. The largest absolute Gasteiger partial charge is 0.498 e. The Balaban J connectivity index is 0.00000108. The van der Waals surface area contributed by atoms with Crippen LogP contribution in [0.4, 0.5) is 0 Å². The molecule has 0 spiro atoms. The van der Waals surface area contributed by atoms with Crippen molar-refractivity contribution in [1.82, 2.24) is 0 Å². The van der Waals surface area contributed by atoms with Crippen LogP contribution in [-0.2, 0) is 9.31 Å². The van der Waals surface area contributed by atoms with Gasteiger partial charge in [-0.1, -0.05) is 11.6 Å².